The van der Waals surface area contributed by atoms with Gasteiger partial charge in [0, 0.05) is 12.0 Å². The minimum Gasteiger partial charge on any atom is -0.482 e. The lowest BCUT2D eigenvalue weighted by Gasteiger charge is -2.20. The predicted molar refractivity (Wildman–Crippen MR) is 117 cm³/mol. The van der Waals surface area contributed by atoms with Gasteiger partial charge in [-0.05, 0) is 73.6 Å². The van der Waals surface area contributed by atoms with E-state index < -0.39 is 5.97 Å². The van der Waals surface area contributed by atoms with Crippen LogP contribution in [0.25, 0.3) is 0 Å². The standard InChI is InChI=1S/C25H29NO5/c1-3-23(27)19-10-12-22(13-11-19)30-16-25(29)31-15-24(28)26-17(2)20-9-8-18-6-4-5-7-21(18)14-20/h8-14,17H,3-7,15-16H2,1-2H3,(H,26,28)/t17-/m1/s1. The number of nitrogens with one attached hydrogen (secondary N) is 1. The minimum atomic E-state index is -0.634. The molecule has 1 aliphatic rings. The Morgan fingerprint density at radius 1 is 0.968 bits per heavy atom. The van der Waals surface area contributed by atoms with E-state index in [0.717, 1.165) is 18.4 Å². The molecular formula is C25H29NO5. The molecule has 0 spiro atoms. The van der Waals surface area contributed by atoms with E-state index >= 15 is 0 Å². The number of hydrogen-bond donors (Lipinski definition) is 1. The van der Waals surface area contributed by atoms with Crippen molar-refractivity contribution in [1.82, 2.24) is 5.32 Å². The van der Waals surface area contributed by atoms with Gasteiger partial charge in [0.2, 0.25) is 0 Å². The van der Waals surface area contributed by atoms with E-state index in [1.807, 2.05) is 13.0 Å². The molecule has 1 aliphatic carbocycles. The number of carbonyl (C=O) groups is 3. The molecule has 6 nitrogen and oxygen atoms in total. The second-order valence-electron chi connectivity index (χ2n) is 7.77. The van der Waals surface area contributed by atoms with Crippen molar-refractivity contribution in [3.63, 3.8) is 0 Å². The van der Waals surface area contributed by atoms with Crippen LogP contribution in [0.4, 0.5) is 0 Å². The fraction of sp³-hybridized carbons (Fsp3) is 0.400. The highest BCUT2D eigenvalue weighted by molar-refractivity contribution is 5.95. The fourth-order valence-electron chi connectivity index (χ4n) is 3.66. The number of rotatable bonds is 9. The summed E-state index contributed by atoms with van der Waals surface area (Å²) in [6.45, 7) is 3.04. The molecule has 3 rings (SSSR count). The van der Waals surface area contributed by atoms with Crippen LogP contribution in [-0.4, -0.2) is 30.9 Å². The van der Waals surface area contributed by atoms with E-state index in [0.29, 0.717) is 17.7 Å². The number of esters is 1. The van der Waals surface area contributed by atoms with E-state index in [2.05, 4.69) is 17.4 Å². The summed E-state index contributed by atoms with van der Waals surface area (Å²) in [5.41, 5.74) is 4.41. The van der Waals surface area contributed by atoms with Gasteiger partial charge in [0.05, 0.1) is 6.04 Å². The van der Waals surface area contributed by atoms with Crippen molar-refractivity contribution in [2.75, 3.05) is 13.2 Å². The number of fused-ring (bicyclic) bond motifs is 1. The topological polar surface area (TPSA) is 81.7 Å². The molecule has 0 fully saturated rings. The number of amides is 1. The Kier molecular flexibility index (Phi) is 7.82. The number of Topliss-reactive ketones (excluding diaryl/α,β-unsaturated/α-hetero) is 1. The molecule has 0 saturated carbocycles. The summed E-state index contributed by atoms with van der Waals surface area (Å²) >= 11 is 0. The van der Waals surface area contributed by atoms with Crippen LogP contribution in [0.15, 0.2) is 42.5 Å². The maximum atomic E-state index is 12.2. The van der Waals surface area contributed by atoms with Crippen LogP contribution < -0.4 is 10.1 Å². The van der Waals surface area contributed by atoms with Crippen LogP contribution in [0.5, 0.6) is 5.75 Å². The van der Waals surface area contributed by atoms with Gasteiger partial charge < -0.3 is 14.8 Å². The largest absolute Gasteiger partial charge is 0.482 e. The number of aryl methyl sites for hydroxylation is 2. The van der Waals surface area contributed by atoms with E-state index in [9.17, 15) is 14.4 Å². The van der Waals surface area contributed by atoms with Crippen LogP contribution in [0.1, 0.15) is 66.2 Å². The normalized spacial score (nSPS) is 13.6. The van der Waals surface area contributed by atoms with Crippen molar-refractivity contribution in [2.45, 2.75) is 52.0 Å². The molecule has 31 heavy (non-hydrogen) atoms. The Labute approximate surface area is 182 Å². The maximum Gasteiger partial charge on any atom is 0.344 e. The van der Waals surface area contributed by atoms with Crippen molar-refractivity contribution in [2.24, 2.45) is 0 Å². The molecule has 0 unspecified atom stereocenters. The van der Waals surface area contributed by atoms with Gasteiger partial charge in [0.15, 0.2) is 19.0 Å². The van der Waals surface area contributed by atoms with Gasteiger partial charge in [-0.25, -0.2) is 4.79 Å². The number of benzene rings is 2. The summed E-state index contributed by atoms with van der Waals surface area (Å²) in [5.74, 6) is -0.497. The molecule has 1 amide bonds. The second kappa shape index (κ2) is 10.8. The molecule has 0 saturated heterocycles. The van der Waals surface area contributed by atoms with Gasteiger partial charge in [-0.2, -0.15) is 0 Å². The molecule has 164 valence electrons. The highest BCUT2D eigenvalue weighted by atomic mass is 16.6. The zero-order valence-corrected chi connectivity index (χ0v) is 18.1. The lowest BCUT2D eigenvalue weighted by Crippen LogP contribution is -2.32. The van der Waals surface area contributed by atoms with E-state index in [1.54, 1.807) is 31.2 Å². The summed E-state index contributed by atoms with van der Waals surface area (Å²) in [4.78, 5) is 35.7. The number of hydrogen-bond acceptors (Lipinski definition) is 5. The number of ether oxygens (including phenoxy) is 2. The molecule has 1 atom stereocenters. The zero-order chi connectivity index (χ0) is 22.2. The lowest BCUT2D eigenvalue weighted by molar-refractivity contribution is -0.150. The molecule has 2 aromatic carbocycles. The highest BCUT2D eigenvalue weighted by Gasteiger charge is 2.15. The summed E-state index contributed by atoms with van der Waals surface area (Å²) in [6, 6.07) is 12.8. The first-order valence-electron chi connectivity index (χ1n) is 10.8. The van der Waals surface area contributed by atoms with E-state index in [4.69, 9.17) is 9.47 Å². The summed E-state index contributed by atoms with van der Waals surface area (Å²) in [5, 5.41) is 2.87. The van der Waals surface area contributed by atoms with Crippen molar-refractivity contribution in [3.8, 4) is 5.75 Å². The predicted octanol–water partition coefficient (Wildman–Crippen LogP) is 3.96. The third-order valence-corrected chi connectivity index (χ3v) is 5.47. The Morgan fingerprint density at radius 3 is 2.39 bits per heavy atom. The molecule has 6 heteroatoms. The van der Waals surface area contributed by atoms with Gasteiger partial charge in [0.1, 0.15) is 5.75 Å². The third-order valence-electron chi connectivity index (χ3n) is 5.47. The van der Waals surface area contributed by atoms with Gasteiger partial charge in [-0.15, -0.1) is 0 Å². The molecule has 0 heterocycles. The minimum absolute atomic E-state index is 0.0431. The number of ketones is 1. The molecule has 0 aliphatic heterocycles. The average Bonchev–Trinajstić information content (AvgIpc) is 2.80. The molecule has 0 aromatic heterocycles. The average molecular weight is 424 g/mol. The van der Waals surface area contributed by atoms with Crippen LogP contribution in [0.3, 0.4) is 0 Å². The summed E-state index contributed by atoms with van der Waals surface area (Å²) in [7, 11) is 0. The molecule has 0 radical (unpaired) electrons. The van der Waals surface area contributed by atoms with Crippen LogP contribution in [0, 0.1) is 0 Å². The van der Waals surface area contributed by atoms with Crippen LogP contribution >= 0.6 is 0 Å². The first kappa shape index (κ1) is 22.5. The highest BCUT2D eigenvalue weighted by Crippen LogP contribution is 2.24. The maximum absolute atomic E-state index is 12.2. The van der Waals surface area contributed by atoms with Crippen LogP contribution in [-0.2, 0) is 27.2 Å². The Balaban J connectivity index is 1.40. The SMILES string of the molecule is CCC(=O)c1ccc(OCC(=O)OCC(=O)N[C@H](C)c2ccc3c(c2)CCCC3)cc1. The Bertz CT molecular complexity index is 935. The zero-order valence-electron chi connectivity index (χ0n) is 18.1. The molecular weight excluding hydrogens is 394 g/mol. The van der Waals surface area contributed by atoms with Gasteiger partial charge in [-0.3, -0.25) is 9.59 Å². The first-order chi connectivity index (χ1) is 15.0. The Hall–Kier alpha value is -3.15. The number of carbonyl (C=O) groups excluding carboxylic acids is 3. The molecule has 1 N–H and O–H groups in total. The Morgan fingerprint density at radius 2 is 1.68 bits per heavy atom. The fourth-order valence-corrected chi connectivity index (χ4v) is 3.66. The summed E-state index contributed by atoms with van der Waals surface area (Å²) in [6.07, 6.45) is 5.07. The quantitative estimate of drug-likeness (QED) is 0.488. The van der Waals surface area contributed by atoms with E-state index in [-0.39, 0.29) is 30.9 Å². The van der Waals surface area contributed by atoms with Crippen LogP contribution in [0.2, 0.25) is 0 Å². The smallest absolute Gasteiger partial charge is 0.344 e. The first-order valence-corrected chi connectivity index (χ1v) is 10.8. The van der Waals surface area contributed by atoms with Crippen molar-refractivity contribution < 1.29 is 23.9 Å². The van der Waals surface area contributed by atoms with Gasteiger partial charge >= 0.3 is 5.97 Å². The van der Waals surface area contributed by atoms with Gasteiger partial charge in [0.25, 0.3) is 5.91 Å². The second-order valence-corrected chi connectivity index (χ2v) is 7.77. The monoisotopic (exact) mass is 423 g/mol. The van der Waals surface area contributed by atoms with Crippen molar-refractivity contribution in [3.05, 3.63) is 64.7 Å². The van der Waals surface area contributed by atoms with E-state index in [1.165, 1.54) is 24.0 Å². The lowest BCUT2D eigenvalue weighted by atomic mass is 9.89. The summed E-state index contributed by atoms with van der Waals surface area (Å²) < 4.78 is 10.4. The molecule has 2 aromatic rings. The van der Waals surface area contributed by atoms with Crippen molar-refractivity contribution in [1.29, 1.82) is 0 Å². The van der Waals surface area contributed by atoms with Crippen molar-refractivity contribution >= 4 is 17.7 Å². The third kappa shape index (κ3) is 6.41. The van der Waals surface area contributed by atoms with Gasteiger partial charge in [-0.1, -0.05) is 25.1 Å². The molecule has 0 bridgehead atoms.